The summed E-state index contributed by atoms with van der Waals surface area (Å²) in [5, 5.41) is 2.86. The number of nitrogens with zero attached hydrogens (tertiary/aromatic N) is 2. The molecule has 0 saturated heterocycles. The topological polar surface area (TPSA) is 79.0 Å². The zero-order valence-corrected chi connectivity index (χ0v) is 18.6. The molecule has 7 nitrogen and oxygen atoms in total. The number of rotatable bonds is 9. The van der Waals surface area contributed by atoms with Gasteiger partial charge in [0.25, 0.3) is 0 Å². The van der Waals surface area contributed by atoms with Crippen molar-refractivity contribution in [1.29, 1.82) is 0 Å². The number of benzene rings is 1. The molecule has 0 unspecified atom stereocenters. The van der Waals surface area contributed by atoms with Gasteiger partial charge in [0.05, 0.1) is 0 Å². The van der Waals surface area contributed by atoms with Gasteiger partial charge in [-0.2, -0.15) is 0 Å². The summed E-state index contributed by atoms with van der Waals surface area (Å²) >= 11 is 0. The maximum atomic E-state index is 12.2. The summed E-state index contributed by atoms with van der Waals surface area (Å²) in [5.41, 5.74) is 1.00. The van der Waals surface area contributed by atoms with Crippen LogP contribution in [0.15, 0.2) is 24.3 Å². The van der Waals surface area contributed by atoms with Gasteiger partial charge in [-0.05, 0) is 58.7 Å². The van der Waals surface area contributed by atoms with E-state index in [-0.39, 0.29) is 18.2 Å². The highest BCUT2D eigenvalue weighted by atomic mass is 16.6. The second-order valence-electron chi connectivity index (χ2n) is 8.00. The zero-order valence-electron chi connectivity index (χ0n) is 18.6. The highest BCUT2D eigenvalue weighted by Gasteiger charge is 2.19. The largest absolute Gasteiger partial charge is 0.444 e. The van der Waals surface area contributed by atoms with Crippen LogP contribution >= 0.6 is 0 Å². The van der Waals surface area contributed by atoms with Crippen molar-refractivity contribution in [2.24, 2.45) is 0 Å². The smallest absolute Gasteiger partial charge is 0.410 e. The highest BCUT2D eigenvalue weighted by Crippen LogP contribution is 2.15. The first-order valence-corrected chi connectivity index (χ1v) is 10.2. The van der Waals surface area contributed by atoms with E-state index in [1.807, 2.05) is 52.8 Å². The number of carbonyl (C=O) groups is 3. The van der Waals surface area contributed by atoms with E-state index in [4.69, 9.17) is 4.74 Å². The van der Waals surface area contributed by atoms with Crippen LogP contribution in [0.25, 0.3) is 0 Å². The number of carbonyl (C=O) groups excluding carboxylic acids is 3. The summed E-state index contributed by atoms with van der Waals surface area (Å²) in [6.07, 6.45) is 0.775. The second kappa shape index (κ2) is 11.4. The number of hydrogen-bond donors (Lipinski definition) is 1. The molecule has 29 heavy (non-hydrogen) atoms. The fourth-order valence-corrected chi connectivity index (χ4v) is 2.78. The summed E-state index contributed by atoms with van der Waals surface area (Å²) in [6.45, 7) is 11.1. The standard InChI is InChI=1S/C22H35N3O4/c1-7-25(8-2)20(27)14-10-13-19(26)23-18-12-9-11-17(15-18)16-24(6)21(28)29-22(3,4)5/h9,11-12,15H,7-8,10,13-14,16H2,1-6H3,(H,23,26). The van der Waals surface area contributed by atoms with Crippen LogP contribution in [-0.4, -0.2) is 53.4 Å². The Balaban J connectivity index is 2.53. The molecule has 0 fully saturated rings. The highest BCUT2D eigenvalue weighted by molar-refractivity contribution is 5.91. The maximum absolute atomic E-state index is 12.2. The molecule has 1 rings (SSSR count). The van der Waals surface area contributed by atoms with Crippen LogP contribution in [0.5, 0.6) is 0 Å². The number of hydrogen-bond acceptors (Lipinski definition) is 4. The molecular formula is C22H35N3O4. The molecular weight excluding hydrogens is 370 g/mol. The third kappa shape index (κ3) is 9.45. The molecule has 3 amide bonds. The fourth-order valence-electron chi connectivity index (χ4n) is 2.78. The zero-order chi connectivity index (χ0) is 22.0. The Morgan fingerprint density at radius 3 is 2.31 bits per heavy atom. The summed E-state index contributed by atoms with van der Waals surface area (Å²) in [7, 11) is 1.67. The predicted molar refractivity (Wildman–Crippen MR) is 115 cm³/mol. The summed E-state index contributed by atoms with van der Waals surface area (Å²) in [5.74, 6) is -0.0510. The molecule has 0 radical (unpaired) electrons. The van der Waals surface area contributed by atoms with Gasteiger partial charge >= 0.3 is 6.09 Å². The van der Waals surface area contributed by atoms with Crippen molar-refractivity contribution in [1.82, 2.24) is 9.80 Å². The molecule has 1 N–H and O–H groups in total. The summed E-state index contributed by atoms with van der Waals surface area (Å²) in [6, 6.07) is 7.35. The molecule has 0 heterocycles. The molecule has 1 aromatic rings. The summed E-state index contributed by atoms with van der Waals surface area (Å²) < 4.78 is 5.35. The molecule has 7 heteroatoms. The van der Waals surface area contributed by atoms with Crippen molar-refractivity contribution < 1.29 is 19.1 Å². The van der Waals surface area contributed by atoms with E-state index >= 15 is 0 Å². The Kier molecular flexibility index (Phi) is 9.65. The molecule has 0 atom stereocenters. The average Bonchev–Trinajstić information content (AvgIpc) is 2.61. The molecule has 0 aromatic heterocycles. The lowest BCUT2D eigenvalue weighted by atomic mass is 10.1. The van der Waals surface area contributed by atoms with E-state index < -0.39 is 11.7 Å². The van der Waals surface area contributed by atoms with Gasteiger partial charge in [0.2, 0.25) is 11.8 Å². The minimum absolute atomic E-state index is 0.0787. The molecule has 0 spiro atoms. The SMILES string of the molecule is CCN(CC)C(=O)CCCC(=O)Nc1cccc(CN(C)C(=O)OC(C)(C)C)c1. The van der Waals surface area contributed by atoms with Crippen molar-refractivity contribution >= 4 is 23.6 Å². The third-order valence-electron chi connectivity index (χ3n) is 4.25. The van der Waals surface area contributed by atoms with Gasteiger partial charge in [-0.15, -0.1) is 0 Å². The van der Waals surface area contributed by atoms with Crippen molar-refractivity contribution in [3.05, 3.63) is 29.8 Å². The average molecular weight is 406 g/mol. The van der Waals surface area contributed by atoms with Gasteiger partial charge in [-0.3, -0.25) is 9.59 Å². The minimum Gasteiger partial charge on any atom is -0.444 e. The van der Waals surface area contributed by atoms with Crippen LogP contribution in [-0.2, 0) is 20.9 Å². The van der Waals surface area contributed by atoms with Crippen molar-refractivity contribution in [3.8, 4) is 0 Å². The minimum atomic E-state index is -0.548. The van der Waals surface area contributed by atoms with E-state index in [1.165, 1.54) is 4.90 Å². The number of anilines is 1. The van der Waals surface area contributed by atoms with Crippen LogP contribution in [0.2, 0.25) is 0 Å². The predicted octanol–water partition coefficient (Wildman–Crippen LogP) is 4.03. The lowest BCUT2D eigenvalue weighted by Gasteiger charge is -2.24. The maximum Gasteiger partial charge on any atom is 0.410 e. The molecule has 162 valence electrons. The van der Waals surface area contributed by atoms with Crippen molar-refractivity contribution in [2.75, 3.05) is 25.5 Å². The van der Waals surface area contributed by atoms with Gasteiger partial charge in [0.1, 0.15) is 5.60 Å². The first-order valence-electron chi connectivity index (χ1n) is 10.2. The molecule has 0 aliphatic carbocycles. The molecule has 0 bridgehead atoms. The first-order chi connectivity index (χ1) is 13.6. The van der Waals surface area contributed by atoms with Gasteiger partial charge in [0, 0.05) is 45.2 Å². The lowest BCUT2D eigenvalue weighted by molar-refractivity contribution is -0.131. The molecule has 0 aliphatic heterocycles. The molecule has 0 saturated carbocycles. The van der Waals surface area contributed by atoms with E-state index in [0.717, 1.165) is 5.56 Å². The number of nitrogens with one attached hydrogen (secondary N) is 1. The quantitative estimate of drug-likeness (QED) is 0.673. The first kappa shape index (κ1) is 24.5. The Morgan fingerprint density at radius 1 is 1.07 bits per heavy atom. The fraction of sp³-hybridized carbons (Fsp3) is 0.591. The second-order valence-corrected chi connectivity index (χ2v) is 8.00. The van der Waals surface area contributed by atoms with Gasteiger partial charge in [0.15, 0.2) is 0 Å². The van der Waals surface area contributed by atoms with E-state index in [2.05, 4.69) is 5.32 Å². The Labute approximate surface area is 174 Å². The van der Waals surface area contributed by atoms with Gasteiger partial charge in [-0.25, -0.2) is 4.79 Å². The van der Waals surface area contributed by atoms with Crippen molar-refractivity contribution in [3.63, 3.8) is 0 Å². The lowest BCUT2D eigenvalue weighted by Crippen LogP contribution is -2.33. The van der Waals surface area contributed by atoms with Crippen LogP contribution in [0.4, 0.5) is 10.5 Å². The Morgan fingerprint density at radius 2 is 1.72 bits per heavy atom. The van der Waals surface area contributed by atoms with E-state index in [1.54, 1.807) is 18.0 Å². The molecule has 1 aromatic carbocycles. The van der Waals surface area contributed by atoms with Crippen LogP contribution in [0.3, 0.4) is 0 Å². The summed E-state index contributed by atoms with van der Waals surface area (Å²) in [4.78, 5) is 39.5. The van der Waals surface area contributed by atoms with E-state index in [9.17, 15) is 14.4 Å². The van der Waals surface area contributed by atoms with E-state index in [0.29, 0.717) is 38.2 Å². The van der Waals surface area contributed by atoms with Crippen LogP contribution in [0.1, 0.15) is 59.4 Å². The molecule has 0 aliphatic rings. The normalized spacial score (nSPS) is 11.0. The number of ether oxygens (including phenoxy) is 1. The van der Waals surface area contributed by atoms with Crippen LogP contribution in [0, 0.1) is 0 Å². The van der Waals surface area contributed by atoms with Crippen molar-refractivity contribution in [2.45, 2.75) is 66.0 Å². The Bertz CT molecular complexity index is 694. The Hall–Kier alpha value is -2.57. The monoisotopic (exact) mass is 405 g/mol. The number of amides is 3. The third-order valence-corrected chi connectivity index (χ3v) is 4.25. The van der Waals surface area contributed by atoms with Crippen LogP contribution < -0.4 is 5.32 Å². The van der Waals surface area contributed by atoms with Gasteiger partial charge < -0.3 is 19.9 Å². The van der Waals surface area contributed by atoms with Gasteiger partial charge in [-0.1, -0.05) is 12.1 Å².